The molecule has 0 bridgehead atoms. The maximum absolute atomic E-state index is 5.88. The van der Waals surface area contributed by atoms with Crippen LogP contribution in [0.15, 0.2) is 48.5 Å². The highest BCUT2D eigenvalue weighted by Gasteiger charge is 2.09. The molecule has 2 rings (SSSR count). The topological polar surface area (TPSA) is 21.3 Å². The van der Waals surface area contributed by atoms with Gasteiger partial charge in [-0.1, -0.05) is 41.9 Å². The number of nitrogens with one attached hydrogen (secondary N) is 1. The Kier molecular flexibility index (Phi) is 5.45. The molecule has 3 heteroatoms. The van der Waals surface area contributed by atoms with Gasteiger partial charge in [0.25, 0.3) is 0 Å². The van der Waals surface area contributed by atoms with Gasteiger partial charge in [0.05, 0.1) is 7.11 Å². The van der Waals surface area contributed by atoms with Crippen LogP contribution in [-0.2, 0) is 6.42 Å². The summed E-state index contributed by atoms with van der Waals surface area (Å²) in [5.74, 6) is 0.930. The molecule has 0 saturated carbocycles. The molecule has 1 atom stereocenters. The Morgan fingerprint density at radius 3 is 2.50 bits per heavy atom. The molecule has 2 aromatic carbocycles. The smallest absolute Gasteiger partial charge is 0.123 e. The van der Waals surface area contributed by atoms with Crippen molar-refractivity contribution >= 4 is 11.6 Å². The molecule has 2 aromatic rings. The zero-order valence-corrected chi connectivity index (χ0v) is 12.7. The molecule has 2 nitrogen and oxygen atoms in total. The van der Waals surface area contributed by atoms with Crippen LogP contribution in [0.4, 0.5) is 0 Å². The number of methoxy groups -OCH3 is 1. The normalized spacial score (nSPS) is 12.2. The molecule has 106 valence electrons. The first-order valence-electron chi connectivity index (χ1n) is 6.81. The highest BCUT2D eigenvalue weighted by atomic mass is 35.5. The molecule has 0 heterocycles. The molecular formula is C17H20ClNO. The number of benzene rings is 2. The number of halogens is 1. The van der Waals surface area contributed by atoms with Gasteiger partial charge in [-0.05, 0) is 43.7 Å². The van der Waals surface area contributed by atoms with E-state index in [0.29, 0.717) is 0 Å². The Labute approximate surface area is 125 Å². The van der Waals surface area contributed by atoms with E-state index in [1.807, 2.05) is 30.3 Å². The molecule has 1 unspecified atom stereocenters. The third-order valence-corrected chi connectivity index (χ3v) is 3.63. The van der Waals surface area contributed by atoms with E-state index in [1.165, 1.54) is 11.1 Å². The number of hydrogen-bond acceptors (Lipinski definition) is 2. The fraction of sp³-hybridized carbons (Fsp3) is 0.294. The van der Waals surface area contributed by atoms with Crippen LogP contribution in [0.3, 0.4) is 0 Å². The van der Waals surface area contributed by atoms with E-state index in [4.69, 9.17) is 16.3 Å². The summed E-state index contributed by atoms with van der Waals surface area (Å²) in [5.41, 5.74) is 2.47. The SMILES string of the molecule is COc1ccccc1C(C)NCCc1ccc(Cl)cc1. The molecule has 0 spiro atoms. The molecule has 0 aliphatic rings. The lowest BCUT2D eigenvalue weighted by molar-refractivity contribution is 0.402. The van der Waals surface area contributed by atoms with Crippen molar-refractivity contribution in [1.82, 2.24) is 5.32 Å². The lowest BCUT2D eigenvalue weighted by atomic mass is 10.1. The van der Waals surface area contributed by atoms with E-state index < -0.39 is 0 Å². The van der Waals surface area contributed by atoms with Crippen molar-refractivity contribution in [1.29, 1.82) is 0 Å². The summed E-state index contributed by atoms with van der Waals surface area (Å²) in [6, 6.07) is 16.4. The van der Waals surface area contributed by atoms with Crippen LogP contribution in [0.1, 0.15) is 24.1 Å². The van der Waals surface area contributed by atoms with Crippen molar-refractivity contribution in [3.05, 3.63) is 64.7 Å². The minimum absolute atomic E-state index is 0.262. The van der Waals surface area contributed by atoms with E-state index in [9.17, 15) is 0 Å². The first-order chi connectivity index (χ1) is 9.70. The number of rotatable bonds is 6. The van der Waals surface area contributed by atoms with Crippen LogP contribution < -0.4 is 10.1 Å². The second kappa shape index (κ2) is 7.32. The predicted molar refractivity (Wildman–Crippen MR) is 84.6 cm³/mol. The van der Waals surface area contributed by atoms with E-state index in [1.54, 1.807) is 7.11 Å². The number of ether oxygens (including phenoxy) is 1. The van der Waals surface area contributed by atoms with Gasteiger partial charge >= 0.3 is 0 Å². The summed E-state index contributed by atoms with van der Waals surface area (Å²) in [4.78, 5) is 0. The summed E-state index contributed by atoms with van der Waals surface area (Å²) in [6.07, 6.45) is 0.983. The van der Waals surface area contributed by atoms with Crippen molar-refractivity contribution in [2.24, 2.45) is 0 Å². The average Bonchev–Trinajstić information content (AvgIpc) is 2.49. The van der Waals surface area contributed by atoms with Crippen molar-refractivity contribution in [2.45, 2.75) is 19.4 Å². The zero-order valence-electron chi connectivity index (χ0n) is 11.9. The third kappa shape index (κ3) is 3.99. The van der Waals surface area contributed by atoms with Gasteiger partial charge in [0.1, 0.15) is 5.75 Å². The minimum atomic E-state index is 0.262. The highest BCUT2D eigenvalue weighted by molar-refractivity contribution is 6.30. The summed E-state index contributed by atoms with van der Waals surface area (Å²) in [5, 5.41) is 4.31. The van der Waals surface area contributed by atoms with Gasteiger partial charge in [0.15, 0.2) is 0 Å². The van der Waals surface area contributed by atoms with Gasteiger partial charge in [-0.25, -0.2) is 0 Å². The van der Waals surface area contributed by atoms with Gasteiger partial charge in [0, 0.05) is 16.6 Å². The van der Waals surface area contributed by atoms with Crippen molar-refractivity contribution < 1.29 is 4.74 Å². The fourth-order valence-electron chi connectivity index (χ4n) is 2.22. The van der Waals surface area contributed by atoms with Crippen LogP contribution in [0.5, 0.6) is 5.75 Å². The lowest BCUT2D eigenvalue weighted by Gasteiger charge is -2.17. The second-order valence-electron chi connectivity index (χ2n) is 4.79. The Morgan fingerprint density at radius 2 is 1.80 bits per heavy atom. The average molecular weight is 290 g/mol. The van der Waals surface area contributed by atoms with E-state index in [2.05, 4.69) is 30.4 Å². The summed E-state index contributed by atoms with van der Waals surface area (Å²) >= 11 is 5.88. The Balaban J connectivity index is 1.89. The molecule has 20 heavy (non-hydrogen) atoms. The Morgan fingerprint density at radius 1 is 1.10 bits per heavy atom. The maximum atomic E-state index is 5.88. The summed E-state index contributed by atoms with van der Waals surface area (Å²) < 4.78 is 5.39. The Bertz CT molecular complexity index is 539. The first-order valence-corrected chi connectivity index (χ1v) is 7.19. The maximum Gasteiger partial charge on any atom is 0.123 e. The largest absolute Gasteiger partial charge is 0.496 e. The lowest BCUT2D eigenvalue weighted by Crippen LogP contribution is -2.21. The molecule has 0 fully saturated rings. The van der Waals surface area contributed by atoms with Gasteiger partial charge < -0.3 is 10.1 Å². The number of hydrogen-bond donors (Lipinski definition) is 1. The molecule has 0 aliphatic carbocycles. The fourth-order valence-corrected chi connectivity index (χ4v) is 2.34. The zero-order chi connectivity index (χ0) is 14.4. The predicted octanol–water partition coefficient (Wildman–Crippen LogP) is 4.24. The van der Waals surface area contributed by atoms with E-state index >= 15 is 0 Å². The molecular weight excluding hydrogens is 270 g/mol. The van der Waals surface area contributed by atoms with Crippen molar-refractivity contribution in [2.75, 3.05) is 13.7 Å². The van der Waals surface area contributed by atoms with Crippen LogP contribution in [0.25, 0.3) is 0 Å². The molecule has 0 amide bonds. The first kappa shape index (κ1) is 14.9. The quantitative estimate of drug-likeness (QED) is 0.859. The Hall–Kier alpha value is -1.51. The third-order valence-electron chi connectivity index (χ3n) is 3.38. The molecule has 0 aliphatic heterocycles. The van der Waals surface area contributed by atoms with E-state index in [0.717, 1.165) is 23.7 Å². The van der Waals surface area contributed by atoms with Crippen LogP contribution in [0.2, 0.25) is 5.02 Å². The van der Waals surface area contributed by atoms with Gasteiger partial charge in [-0.15, -0.1) is 0 Å². The van der Waals surface area contributed by atoms with E-state index in [-0.39, 0.29) is 6.04 Å². The van der Waals surface area contributed by atoms with Crippen molar-refractivity contribution in [3.63, 3.8) is 0 Å². The van der Waals surface area contributed by atoms with Crippen LogP contribution >= 0.6 is 11.6 Å². The van der Waals surface area contributed by atoms with Gasteiger partial charge in [0.2, 0.25) is 0 Å². The van der Waals surface area contributed by atoms with Crippen LogP contribution in [0, 0.1) is 0 Å². The van der Waals surface area contributed by atoms with Gasteiger partial charge in [-0.2, -0.15) is 0 Å². The monoisotopic (exact) mass is 289 g/mol. The molecule has 0 saturated heterocycles. The summed E-state index contributed by atoms with van der Waals surface area (Å²) in [7, 11) is 1.71. The van der Waals surface area contributed by atoms with Crippen molar-refractivity contribution in [3.8, 4) is 5.75 Å². The standard InChI is InChI=1S/C17H20ClNO/c1-13(16-5-3-4-6-17(16)20-2)19-12-11-14-7-9-15(18)10-8-14/h3-10,13,19H,11-12H2,1-2H3. The summed E-state index contributed by atoms with van der Waals surface area (Å²) in [6.45, 7) is 3.07. The highest BCUT2D eigenvalue weighted by Crippen LogP contribution is 2.24. The second-order valence-corrected chi connectivity index (χ2v) is 5.23. The molecule has 0 aromatic heterocycles. The van der Waals surface area contributed by atoms with Gasteiger partial charge in [-0.3, -0.25) is 0 Å². The number of para-hydroxylation sites is 1. The minimum Gasteiger partial charge on any atom is -0.496 e. The molecule has 0 radical (unpaired) electrons. The van der Waals surface area contributed by atoms with Crippen LogP contribution in [-0.4, -0.2) is 13.7 Å². The molecule has 1 N–H and O–H groups in total.